The fourth-order valence-electron chi connectivity index (χ4n) is 2.74. The zero-order valence-corrected chi connectivity index (χ0v) is 12.1. The minimum atomic E-state index is 0.805. The molecule has 4 nitrogen and oxygen atoms in total. The summed E-state index contributed by atoms with van der Waals surface area (Å²) < 4.78 is 0. The fourth-order valence-corrected chi connectivity index (χ4v) is 3.72. The van der Waals surface area contributed by atoms with E-state index in [1.165, 1.54) is 54.8 Å². The second kappa shape index (κ2) is 5.25. The number of nitrogens with one attached hydrogen (secondary N) is 1. The van der Waals surface area contributed by atoms with Crippen LogP contribution in [0.4, 0.5) is 0 Å². The van der Waals surface area contributed by atoms with Gasteiger partial charge < -0.3 is 5.32 Å². The summed E-state index contributed by atoms with van der Waals surface area (Å²) in [4.78, 5) is 11.2. The van der Waals surface area contributed by atoms with Crippen molar-refractivity contribution in [2.45, 2.75) is 26.4 Å². The van der Waals surface area contributed by atoms with Gasteiger partial charge in [0.05, 0.1) is 10.7 Å². The molecule has 2 aliphatic heterocycles. The quantitative estimate of drug-likeness (QED) is 0.879. The Morgan fingerprint density at radius 3 is 2.44 bits per heavy atom. The van der Waals surface area contributed by atoms with E-state index in [1.807, 2.05) is 11.3 Å². The maximum atomic E-state index is 4.52. The van der Waals surface area contributed by atoms with Gasteiger partial charge in [0.25, 0.3) is 0 Å². The van der Waals surface area contributed by atoms with Crippen LogP contribution in [0.25, 0.3) is 0 Å². The first-order valence-corrected chi connectivity index (χ1v) is 7.64. The van der Waals surface area contributed by atoms with Gasteiger partial charge >= 0.3 is 0 Å². The van der Waals surface area contributed by atoms with Gasteiger partial charge in [0.1, 0.15) is 0 Å². The summed E-state index contributed by atoms with van der Waals surface area (Å²) in [6.07, 6.45) is 0. The van der Waals surface area contributed by atoms with Crippen LogP contribution in [0, 0.1) is 13.8 Å². The summed E-state index contributed by atoms with van der Waals surface area (Å²) in [5.41, 5.74) is 1.23. The second-order valence-electron chi connectivity index (χ2n) is 5.37. The molecule has 5 heteroatoms. The maximum Gasteiger partial charge on any atom is 0.0900 e. The summed E-state index contributed by atoms with van der Waals surface area (Å²) in [7, 11) is 0. The summed E-state index contributed by atoms with van der Waals surface area (Å²) in [6.45, 7) is 12.6. The molecular formula is C13H22N4S. The van der Waals surface area contributed by atoms with Crippen LogP contribution in [-0.4, -0.2) is 60.1 Å². The largest absolute Gasteiger partial charge is 0.314 e. The first-order chi connectivity index (χ1) is 8.72. The van der Waals surface area contributed by atoms with Crippen molar-refractivity contribution in [2.24, 2.45) is 0 Å². The molecule has 0 bridgehead atoms. The highest BCUT2D eigenvalue weighted by atomic mass is 32.1. The van der Waals surface area contributed by atoms with Crippen molar-refractivity contribution >= 4 is 11.3 Å². The van der Waals surface area contributed by atoms with Gasteiger partial charge in [-0.15, -0.1) is 11.3 Å². The predicted molar refractivity (Wildman–Crippen MR) is 75.1 cm³/mol. The van der Waals surface area contributed by atoms with Gasteiger partial charge in [0.15, 0.2) is 0 Å². The summed E-state index contributed by atoms with van der Waals surface area (Å²) in [5, 5.41) is 4.55. The Hall–Kier alpha value is -0.490. The van der Waals surface area contributed by atoms with Crippen molar-refractivity contribution in [1.82, 2.24) is 20.1 Å². The molecule has 0 amide bonds. The van der Waals surface area contributed by atoms with Gasteiger partial charge in [-0.25, -0.2) is 4.98 Å². The number of thiazole rings is 1. The Balaban J connectivity index is 1.52. The third kappa shape index (κ3) is 2.59. The van der Waals surface area contributed by atoms with E-state index in [1.54, 1.807) is 0 Å². The normalized spacial score (nSPS) is 23.2. The monoisotopic (exact) mass is 266 g/mol. The van der Waals surface area contributed by atoms with E-state index in [0.717, 1.165) is 12.6 Å². The Morgan fingerprint density at radius 1 is 1.22 bits per heavy atom. The van der Waals surface area contributed by atoms with Gasteiger partial charge in [-0.1, -0.05) is 0 Å². The van der Waals surface area contributed by atoms with Crippen LogP contribution in [0.1, 0.15) is 15.6 Å². The number of hydrogen-bond donors (Lipinski definition) is 1. The molecule has 1 aromatic heterocycles. The standard InChI is InChI=1S/C13H22N4S/c1-10-13(18-11(2)15-10)9-16-3-5-17(6-4-16)12-7-14-8-12/h12,14H,3-9H2,1-2H3. The molecule has 0 spiro atoms. The van der Waals surface area contributed by atoms with E-state index in [-0.39, 0.29) is 0 Å². The molecule has 2 aliphatic rings. The molecule has 2 fully saturated rings. The highest BCUT2D eigenvalue weighted by Gasteiger charge is 2.27. The van der Waals surface area contributed by atoms with Gasteiger partial charge in [-0.3, -0.25) is 9.80 Å². The second-order valence-corrected chi connectivity index (χ2v) is 6.65. The zero-order chi connectivity index (χ0) is 12.5. The number of aromatic nitrogens is 1. The average Bonchev–Trinajstić information content (AvgIpc) is 2.58. The van der Waals surface area contributed by atoms with Crippen LogP contribution in [-0.2, 0) is 6.54 Å². The zero-order valence-electron chi connectivity index (χ0n) is 11.3. The molecule has 0 aromatic carbocycles. The third-order valence-corrected chi connectivity index (χ3v) is 5.11. The minimum absolute atomic E-state index is 0.805. The van der Waals surface area contributed by atoms with Crippen molar-refractivity contribution < 1.29 is 0 Å². The van der Waals surface area contributed by atoms with Gasteiger partial charge in [0, 0.05) is 56.7 Å². The van der Waals surface area contributed by atoms with Crippen molar-refractivity contribution in [3.8, 4) is 0 Å². The average molecular weight is 266 g/mol. The first-order valence-electron chi connectivity index (χ1n) is 6.82. The van der Waals surface area contributed by atoms with Crippen molar-refractivity contribution in [2.75, 3.05) is 39.3 Å². The van der Waals surface area contributed by atoms with Crippen LogP contribution in [0.15, 0.2) is 0 Å². The summed E-state index contributed by atoms with van der Waals surface area (Å²) >= 11 is 1.85. The number of nitrogens with zero attached hydrogens (tertiary/aromatic N) is 3. The summed E-state index contributed by atoms with van der Waals surface area (Å²) in [6, 6.07) is 0.805. The minimum Gasteiger partial charge on any atom is -0.314 e. The Morgan fingerprint density at radius 2 is 1.94 bits per heavy atom. The van der Waals surface area contributed by atoms with Gasteiger partial charge in [-0.05, 0) is 13.8 Å². The SMILES string of the molecule is Cc1nc(C)c(CN2CCN(C3CNC3)CC2)s1. The third-order valence-electron chi connectivity index (χ3n) is 4.05. The van der Waals surface area contributed by atoms with Crippen LogP contribution >= 0.6 is 11.3 Å². The maximum absolute atomic E-state index is 4.52. The lowest BCUT2D eigenvalue weighted by molar-refractivity contribution is 0.0699. The van der Waals surface area contributed by atoms with Gasteiger partial charge in [0.2, 0.25) is 0 Å². The Kier molecular flexibility index (Phi) is 3.66. The molecule has 1 N–H and O–H groups in total. The molecule has 1 aromatic rings. The lowest BCUT2D eigenvalue weighted by Gasteiger charge is -2.43. The van der Waals surface area contributed by atoms with Gasteiger partial charge in [-0.2, -0.15) is 0 Å². The predicted octanol–water partition coefficient (Wildman–Crippen LogP) is 0.849. The smallest absolute Gasteiger partial charge is 0.0900 e. The molecule has 3 rings (SSSR count). The van der Waals surface area contributed by atoms with E-state index in [0.29, 0.717) is 0 Å². The van der Waals surface area contributed by atoms with Crippen molar-refractivity contribution in [3.05, 3.63) is 15.6 Å². The number of hydrogen-bond acceptors (Lipinski definition) is 5. The van der Waals surface area contributed by atoms with E-state index >= 15 is 0 Å². The van der Waals surface area contributed by atoms with Crippen LogP contribution in [0.2, 0.25) is 0 Å². The van der Waals surface area contributed by atoms with E-state index in [9.17, 15) is 0 Å². The van der Waals surface area contributed by atoms with E-state index in [2.05, 4.69) is 33.9 Å². The number of piperazine rings is 1. The molecule has 0 aliphatic carbocycles. The fraction of sp³-hybridized carbons (Fsp3) is 0.769. The first kappa shape index (κ1) is 12.5. The molecule has 0 atom stereocenters. The molecule has 0 unspecified atom stereocenters. The Labute approximate surface area is 113 Å². The van der Waals surface area contributed by atoms with Crippen LogP contribution < -0.4 is 5.32 Å². The highest BCUT2D eigenvalue weighted by Crippen LogP contribution is 2.20. The lowest BCUT2D eigenvalue weighted by Crippen LogP contribution is -2.61. The highest BCUT2D eigenvalue weighted by molar-refractivity contribution is 7.11. The van der Waals surface area contributed by atoms with E-state index < -0.39 is 0 Å². The topological polar surface area (TPSA) is 31.4 Å². The summed E-state index contributed by atoms with van der Waals surface area (Å²) in [5.74, 6) is 0. The van der Waals surface area contributed by atoms with Crippen molar-refractivity contribution in [1.29, 1.82) is 0 Å². The molecule has 18 heavy (non-hydrogen) atoms. The van der Waals surface area contributed by atoms with Crippen LogP contribution in [0.5, 0.6) is 0 Å². The van der Waals surface area contributed by atoms with Crippen LogP contribution in [0.3, 0.4) is 0 Å². The molecule has 0 saturated carbocycles. The Bertz CT molecular complexity index is 405. The molecular weight excluding hydrogens is 244 g/mol. The molecule has 3 heterocycles. The molecule has 100 valence electrons. The molecule has 2 saturated heterocycles. The van der Waals surface area contributed by atoms with Crippen molar-refractivity contribution in [3.63, 3.8) is 0 Å². The molecule has 0 radical (unpaired) electrons. The van der Waals surface area contributed by atoms with E-state index in [4.69, 9.17) is 0 Å². The lowest BCUT2D eigenvalue weighted by atomic mass is 10.1. The number of rotatable bonds is 3. The number of aryl methyl sites for hydroxylation is 2.